The van der Waals surface area contributed by atoms with Crippen LogP contribution >= 0.6 is 23.7 Å². The summed E-state index contributed by atoms with van der Waals surface area (Å²) in [6, 6.07) is 0. The molecule has 1 aromatic heterocycles. The molecule has 19 heavy (non-hydrogen) atoms. The Labute approximate surface area is 124 Å². The summed E-state index contributed by atoms with van der Waals surface area (Å²) in [6.45, 7) is 6.99. The molecule has 1 fully saturated rings. The van der Waals surface area contributed by atoms with Crippen LogP contribution in [0.4, 0.5) is 0 Å². The van der Waals surface area contributed by atoms with Crippen molar-refractivity contribution in [3.8, 4) is 0 Å². The molecule has 0 saturated carbocycles. The van der Waals surface area contributed by atoms with Gasteiger partial charge in [-0.3, -0.25) is 9.69 Å². The van der Waals surface area contributed by atoms with E-state index in [0.717, 1.165) is 37.7 Å². The molecule has 1 saturated heterocycles. The van der Waals surface area contributed by atoms with Gasteiger partial charge in [0.1, 0.15) is 0 Å². The number of piperazine rings is 1. The zero-order valence-electron chi connectivity index (χ0n) is 11.4. The van der Waals surface area contributed by atoms with Crippen LogP contribution in [0.25, 0.3) is 0 Å². The Hall–Kier alpha value is -0.690. The van der Waals surface area contributed by atoms with Crippen LogP contribution in [-0.4, -0.2) is 60.5 Å². The number of carbonyl (C=O) groups is 1. The number of rotatable bonds is 4. The molecule has 0 bridgehead atoms. The third-order valence-electron chi connectivity index (χ3n) is 3.10. The van der Waals surface area contributed by atoms with Gasteiger partial charge in [0.2, 0.25) is 5.91 Å². The molecule has 0 atom stereocenters. The van der Waals surface area contributed by atoms with Gasteiger partial charge in [0.25, 0.3) is 0 Å². The van der Waals surface area contributed by atoms with Crippen molar-refractivity contribution in [2.75, 3.05) is 39.8 Å². The molecule has 1 amide bonds. The smallest absolute Gasteiger partial charge is 0.236 e. The maximum Gasteiger partial charge on any atom is 0.236 e. The monoisotopic (exact) mass is 304 g/mol. The standard InChI is InChI=1S/C12H20N4OS.ClH/c1-10-14-7-11(18-10)9-15-3-5-16(6-4-15)12(17)8-13-2;/h7,13H,3-6,8-9H2,1-2H3;1H. The van der Waals surface area contributed by atoms with Crippen LogP contribution in [0, 0.1) is 6.92 Å². The molecule has 0 aliphatic carbocycles. The number of aryl methyl sites for hydroxylation is 1. The number of aromatic nitrogens is 1. The highest BCUT2D eigenvalue weighted by Gasteiger charge is 2.20. The second-order valence-corrected chi connectivity index (χ2v) is 5.85. The number of amides is 1. The maximum atomic E-state index is 11.7. The summed E-state index contributed by atoms with van der Waals surface area (Å²) in [4.78, 5) is 21.6. The first-order valence-electron chi connectivity index (χ1n) is 6.25. The Morgan fingerprint density at radius 2 is 2.11 bits per heavy atom. The average Bonchev–Trinajstić information content (AvgIpc) is 2.76. The van der Waals surface area contributed by atoms with E-state index < -0.39 is 0 Å². The van der Waals surface area contributed by atoms with Crippen molar-refractivity contribution in [3.05, 3.63) is 16.1 Å². The van der Waals surface area contributed by atoms with Crippen LogP contribution < -0.4 is 5.32 Å². The topological polar surface area (TPSA) is 48.5 Å². The molecule has 5 nitrogen and oxygen atoms in total. The number of halogens is 1. The van der Waals surface area contributed by atoms with Gasteiger partial charge in [-0.15, -0.1) is 23.7 Å². The number of nitrogens with one attached hydrogen (secondary N) is 1. The Morgan fingerprint density at radius 1 is 1.42 bits per heavy atom. The van der Waals surface area contributed by atoms with E-state index in [4.69, 9.17) is 0 Å². The summed E-state index contributed by atoms with van der Waals surface area (Å²) in [5, 5.41) is 4.03. The molecule has 2 heterocycles. The summed E-state index contributed by atoms with van der Waals surface area (Å²) in [6.07, 6.45) is 1.96. The maximum absolute atomic E-state index is 11.7. The van der Waals surface area contributed by atoms with Crippen LogP contribution in [0.3, 0.4) is 0 Å². The lowest BCUT2D eigenvalue weighted by atomic mass is 10.3. The summed E-state index contributed by atoms with van der Waals surface area (Å²) in [5.41, 5.74) is 0. The highest BCUT2D eigenvalue weighted by Crippen LogP contribution is 2.15. The van der Waals surface area contributed by atoms with Crippen molar-refractivity contribution < 1.29 is 4.79 Å². The molecule has 2 rings (SSSR count). The Balaban J connectivity index is 0.00000180. The van der Waals surface area contributed by atoms with Gasteiger partial charge < -0.3 is 10.2 Å². The lowest BCUT2D eigenvalue weighted by Crippen LogP contribution is -2.50. The van der Waals surface area contributed by atoms with E-state index in [2.05, 4.69) is 15.2 Å². The summed E-state index contributed by atoms with van der Waals surface area (Å²) >= 11 is 1.75. The van der Waals surface area contributed by atoms with Gasteiger partial charge in [-0.2, -0.15) is 0 Å². The minimum Gasteiger partial charge on any atom is -0.339 e. The predicted molar refractivity (Wildman–Crippen MR) is 79.9 cm³/mol. The van der Waals surface area contributed by atoms with Crippen LogP contribution in [0.1, 0.15) is 9.88 Å². The van der Waals surface area contributed by atoms with Gasteiger partial charge in [0.15, 0.2) is 0 Å². The molecule has 1 aliphatic rings. The van der Waals surface area contributed by atoms with E-state index in [1.54, 1.807) is 18.4 Å². The normalized spacial score (nSPS) is 16.2. The number of hydrogen-bond donors (Lipinski definition) is 1. The van der Waals surface area contributed by atoms with E-state index in [-0.39, 0.29) is 18.3 Å². The summed E-state index contributed by atoms with van der Waals surface area (Å²) in [7, 11) is 1.81. The minimum absolute atomic E-state index is 0. The highest BCUT2D eigenvalue weighted by molar-refractivity contribution is 7.11. The molecule has 1 aromatic rings. The average molecular weight is 305 g/mol. The summed E-state index contributed by atoms with van der Waals surface area (Å²) in [5.74, 6) is 0.200. The molecule has 0 spiro atoms. The predicted octanol–water partition coefficient (Wildman–Crippen LogP) is 0.737. The number of hydrogen-bond acceptors (Lipinski definition) is 5. The lowest BCUT2D eigenvalue weighted by Gasteiger charge is -2.34. The van der Waals surface area contributed by atoms with E-state index in [0.29, 0.717) is 6.54 Å². The summed E-state index contributed by atoms with van der Waals surface area (Å²) < 4.78 is 0. The fourth-order valence-corrected chi connectivity index (χ4v) is 2.95. The molecular formula is C12H21ClN4OS. The van der Waals surface area contributed by atoms with E-state index in [1.165, 1.54) is 4.88 Å². The number of likely N-dealkylation sites (N-methyl/N-ethyl adjacent to an activating group) is 1. The van der Waals surface area contributed by atoms with Gasteiger partial charge in [-0.05, 0) is 14.0 Å². The quantitative estimate of drug-likeness (QED) is 0.891. The molecule has 1 aliphatic heterocycles. The van der Waals surface area contributed by atoms with Crippen LogP contribution in [0.5, 0.6) is 0 Å². The molecule has 1 N–H and O–H groups in total. The highest BCUT2D eigenvalue weighted by atomic mass is 35.5. The molecule has 0 radical (unpaired) electrons. The molecule has 0 aromatic carbocycles. The number of thiazole rings is 1. The van der Waals surface area contributed by atoms with Crippen molar-refractivity contribution in [1.82, 2.24) is 20.1 Å². The van der Waals surface area contributed by atoms with E-state index in [9.17, 15) is 4.79 Å². The van der Waals surface area contributed by atoms with Crippen LogP contribution in [-0.2, 0) is 11.3 Å². The largest absolute Gasteiger partial charge is 0.339 e. The first-order valence-corrected chi connectivity index (χ1v) is 7.06. The zero-order valence-corrected chi connectivity index (χ0v) is 13.0. The second-order valence-electron chi connectivity index (χ2n) is 4.53. The fourth-order valence-electron chi connectivity index (χ4n) is 2.12. The van der Waals surface area contributed by atoms with Crippen molar-refractivity contribution in [3.63, 3.8) is 0 Å². The second kappa shape index (κ2) is 7.79. The van der Waals surface area contributed by atoms with Gasteiger partial charge in [-0.1, -0.05) is 0 Å². The minimum atomic E-state index is 0. The van der Waals surface area contributed by atoms with E-state index in [1.807, 2.05) is 18.0 Å². The lowest BCUT2D eigenvalue weighted by molar-refractivity contribution is -0.131. The number of carbonyl (C=O) groups excluding carboxylic acids is 1. The Morgan fingerprint density at radius 3 is 2.63 bits per heavy atom. The zero-order chi connectivity index (χ0) is 13.0. The van der Waals surface area contributed by atoms with Crippen LogP contribution in [0.2, 0.25) is 0 Å². The third-order valence-corrected chi connectivity index (χ3v) is 4.00. The van der Waals surface area contributed by atoms with Crippen molar-refractivity contribution in [2.45, 2.75) is 13.5 Å². The van der Waals surface area contributed by atoms with Gasteiger partial charge in [0, 0.05) is 43.8 Å². The van der Waals surface area contributed by atoms with Gasteiger partial charge in [0.05, 0.1) is 11.6 Å². The molecular weight excluding hydrogens is 284 g/mol. The molecule has 7 heteroatoms. The third kappa shape index (κ3) is 4.72. The van der Waals surface area contributed by atoms with Crippen molar-refractivity contribution >= 4 is 29.7 Å². The van der Waals surface area contributed by atoms with Crippen molar-refractivity contribution in [1.29, 1.82) is 0 Å². The Kier molecular flexibility index (Phi) is 6.71. The van der Waals surface area contributed by atoms with E-state index >= 15 is 0 Å². The first kappa shape index (κ1) is 16.4. The van der Waals surface area contributed by atoms with Gasteiger partial charge in [-0.25, -0.2) is 4.98 Å². The molecule has 108 valence electrons. The fraction of sp³-hybridized carbons (Fsp3) is 0.667. The van der Waals surface area contributed by atoms with Gasteiger partial charge >= 0.3 is 0 Å². The molecule has 0 unspecified atom stereocenters. The van der Waals surface area contributed by atoms with Crippen molar-refractivity contribution in [2.24, 2.45) is 0 Å². The first-order chi connectivity index (χ1) is 8.69. The van der Waals surface area contributed by atoms with Crippen LogP contribution in [0.15, 0.2) is 6.20 Å². The Bertz CT molecular complexity index is 404. The SMILES string of the molecule is CNCC(=O)N1CCN(Cc2cnc(C)s2)CC1.Cl. The number of nitrogens with zero attached hydrogens (tertiary/aromatic N) is 3.